The van der Waals surface area contributed by atoms with E-state index in [1.165, 1.54) is 11.8 Å². The lowest BCUT2D eigenvalue weighted by molar-refractivity contribution is 0.0696. The van der Waals surface area contributed by atoms with Gasteiger partial charge in [-0.1, -0.05) is 17.8 Å². The molecule has 1 N–H and O–H groups in total. The van der Waals surface area contributed by atoms with E-state index in [9.17, 15) is 4.79 Å². The van der Waals surface area contributed by atoms with Crippen molar-refractivity contribution in [3.05, 3.63) is 48.0 Å². The van der Waals surface area contributed by atoms with Crippen LogP contribution in [0.4, 0.5) is 0 Å². The number of nitrogens with zero attached hydrogens (tertiary/aromatic N) is 4. The van der Waals surface area contributed by atoms with Crippen LogP contribution in [0.2, 0.25) is 0 Å². The molecular formula is C13H10N4O2S. The molecule has 0 atom stereocenters. The van der Waals surface area contributed by atoms with E-state index in [2.05, 4.69) is 15.2 Å². The van der Waals surface area contributed by atoms with Gasteiger partial charge in [0.1, 0.15) is 11.4 Å². The summed E-state index contributed by atoms with van der Waals surface area (Å²) in [7, 11) is 0. The molecule has 0 bridgehead atoms. The highest BCUT2D eigenvalue weighted by molar-refractivity contribution is 7.99. The predicted molar refractivity (Wildman–Crippen MR) is 73.0 cm³/mol. The zero-order valence-electron chi connectivity index (χ0n) is 10.5. The van der Waals surface area contributed by atoms with Crippen LogP contribution in [-0.2, 0) is 0 Å². The number of benzene rings is 1. The number of fused-ring (bicyclic) bond motifs is 1. The van der Waals surface area contributed by atoms with Crippen LogP contribution < -0.4 is 0 Å². The molecule has 0 saturated carbocycles. The molecule has 3 rings (SSSR count). The Morgan fingerprint density at radius 1 is 1.40 bits per heavy atom. The van der Waals surface area contributed by atoms with Gasteiger partial charge in [-0.3, -0.25) is 4.40 Å². The van der Waals surface area contributed by atoms with Crippen LogP contribution >= 0.6 is 11.8 Å². The minimum atomic E-state index is -0.932. The number of hydrogen-bond donors (Lipinski definition) is 1. The number of aromatic nitrogens is 4. The van der Waals surface area contributed by atoms with Gasteiger partial charge in [0.05, 0.1) is 5.56 Å². The number of aromatic carboxylic acids is 1. The van der Waals surface area contributed by atoms with E-state index in [-0.39, 0.29) is 0 Å². The molecule has 0 amide bonds. The molecule has 2 aromatic heterocycles. The molecule has 0 unspecified atom stereocenters. The maximum atomic E-state index is 11.1. The average molecular weight is 286 g/mol. The first-order valence-corrected chi connectivity index (χ1v) is 6.63. The SMILES string of the molecule is Cc1ccc(Sc2nccn3cnnc23)cc1C(=O)O. The third kappa shape index (κ3) is 2.23. The van der Waals surface area contributed by atoms with Crippen molar-refractivity contribution in [2.75, 3.05) is 0 Å². The minimum absolute atomic E-state index is 0.295. The van der Waals surface area contributed by atoms with Crippen LogP contribution in [-0.4, -0.2) is 30.7 Å². The van der Waals surface area contributed by atoms with Gasteiger partial charge < -0.3 is 5.11 Å². The standard InChI is InChI=1S/C13H10N4O2S/c1-8-2-3-9(6-10(8)13(18)19)20-12-11-16-15-7-17(11)5-4-14-12/h2-7H,1H3,(H,18,19). The molecule has 0 fully saturated rings. The van der Waals surface area contributed by atoms with Gasteiger partial charge >= 0.3 is 5.97 Å². The molecule has 1 aromatic carbocycles. The molecule has 100 valence electrons. The zero-order chi connectivity index (χ0) is 14.1. The Hall–Kier alpha value is -2.41. The van der Waals surface area contributed by atoms with E-state index < -0.39 is 5.97 Å². The van der Waals surface area contributed by atoms with Gasteiger partial charge in [0.25, 0.3) is 0 Å². The Morgan fingerprint density at radius 2 is 2.25 bits per heavy atom. The van der Waals surface area contributed by atoms with Crippen molar-refractivity contribution in [3.8, 4) is 0 Å². The molecule has 0 aliphatic carbocycles. The predicted octanol–water partition coefficient (Wildman–Crippen LogP) is 2.28. The molecule has 2 heterocycles. The molecule has 20 heavy (non-hydrogen) atoms. The van der Waals surface area contributed by atoms with Gasteiger partial charge in [-0.25, -0.2) is 9.78 Å². The summed E-state index contributed by atoms with van der Waals surface area (Å²) in [5.74, 6) is -0.932. The average Bonchev–Trinajstić information content (AvgIpc) is 2.90. The van der Waals surface area contributed by atoms with Gasteiger partial charge in [0.15, 0.2) is 5.65 Å². The summed E-state index contributed by atoms with van der Waals surface area (Å²) in [4.78, 5) is 16.2. The zero-order valence-corrected chi connectivity index (χ0v) is 11.3. The van der Waals surface area contributed by atoms with E-state index in [1.54, 1.807) is 42.2 Å². The number of carboxylic acid groups (broad SMARTS) is 1. The smallest absolute Gasteiger partial charge is 0.335 e. The fraction of sp³-hybridized carbons (Fsp3) is 0.0769. The molecule has 0 saturated heterocycles. The first-order chi connectivity index (χ1) is 9.65. The van der Waals surface area contributed by atoms with Crippen LogP contribution in [0.3, 0.4) is 0 Å². The summed E-state index contributed by atoms with van der Waals surface area (Å²) in [5, 5.41) is 17.7. The van der Waals surface area contributed by atoms with Crippen molar-refractivity contribution in [2.45, 2.75) is 16.8 Å². The summed E-state index contributed by atoms with van der Waals surface area (Å²) in [5.41, 5.74) is 1.67. The molecule has 0 aliphatic heterocycles. The lowest BCUT2D eigenvalue weighted by Gasteiger charge is -2.05. The largest absolute Gasteiger partial charge is 0.478 e. The summed E-state index contributed by atoms with van der Waals surface area (Å²) in [6.45, 7) is 1.77. The first kappa shape index (κ1) is 12.6. The van der Waals surface area contributed by atoms with E-state index in [4.69, 9.17) is 5.11 Å². The van der Waals surface area contributed by atoms with Gasteiger partial charge in [-0.05, 0) is 24.6 Å². The number of aryl methyl sites for hydroxylation is 1. The number of carbonyl (C=O) groups is 1. The summed E-state index contributed by atoms with van der Waals surface area (Å²) in [6.07, 6.45) is 5.01. The highest BCUT2D eigenvalue weighted by Crippen LogP contribution is 2.29. The Morgan fingerprint density at radius 3 is 3.05 bits per heavy atom. The van der Waals surface area contributed by atoms with Crippen molar-refractivity contribution < 1.29 is 9.90 Å². The van der Waals surface area contributed by atoms with Crippen molar-refractivity contribution >= 4 is 23.4 Å². The second-order valence-electron chi connectivity index (χ2n) is 4.18. The van der Waals surface area contributed by atoms with Crippen molar-refractivity contribution in [2.24, 2.45) is 0 Å². The molecule has 0 spiro atoms. The molecular weight excluding hydrogens is 276 g/mol. The van der Waals surface area contributed by atoms with E-state index in [0.29, 0.717) is 16.2 Å². The van der Waals surface area contributed by atoms with Crippen LogP contribution in [0.5, 0.6) is 0 Å². The Kier molecular flexibility index (Phi) is 3.11. The second kappa shape index (κ2) is 4.93. The van der Waals surface area contributed by atoms with Gasteiger partial charge in [-0.2, -0.15) is 0 Å². The highest BCUT2D eigenvalue weighted by atomic mass is 32.2. The van der Waals surface area contributed by atoms with Crippen LogP contribution in [0.25, 0.3) is 5.65 Å². The van der Waals surface area contributed by atoms with Crippen molar-refractivity contribution in [1.29, 1.82) is 0 Å². The van der Waals surface area contributed by atoms with Crippen LogP contribution in [0.15, 0.2) is 46.8 Å². The first-order valence-electron chi connectivity index (χ1n) is 5.81. The lowest BCUT2D eigenvalue weighted by atomic mass is 10.1. The quantitative estimate of drug-likeness (QED) is 0.795. The summed E-state index contributed by atoms with van der Waals surface area (Å²) < 4.78 is 1.77. The van der Waals surface area contributed by atoms with Crippen molar-refractivity contribution in [1.82, 2.24) is 19.6 Å². The molecule has 6 nitrogen and oxygen atoms in total. The van der Waals surface area contributed by atoms with Gasteiger partial charge in [-0.15, -0.1) is 10.2 Å². The van der Waals surface area contributed by atoms with E-state index in [0.717, 1.165) is 10.5 Å². The van der Waals surface area contributed by atoms with Crippen molar-refractivity contribution in [3.63, 3.8) is 0 Å². The fourth-order valence-electron chi connectivity index (χ4n) is 1.81. The number of carboxylic acids is 1. The maximum absolute atomic E-state index is 11.1. The number of rotatable bonds is 3. The Bertz CT molecular complexity index is 800. The van der Waals surface area contributed by atoms with Crippen LogP contribution in [0.1, 0.15) is 15.9 Å². The fourth-order valence-corrected chi connectivity index (χ4v) is 2.70. The molecule has 0 aliphatic rings. The third-order valence-electron chi connectivity index (χ3n) is 2.84. The summed E-state index contributed by atoms with van der Waals surface area (Å²) in [6, 6.07) is 5.30. The minimum Gasteiger partial charge on any atom is -0.478 e. The normalized spacial score (nSPS) is 10.8. The van der Waals surface area contributed by atoms with Gasteiger partial charge in [0, 0.05) is 17.3 Å². The van der Waals surface area contributed by atoms with E-state index in [1.807, 2.05) is 6.07 Å². The highest BCUT2D eigenvalue weighted by Gasteiger charge is 2.11. The molecule has 3 aromatic rings. The molecule has 0 radical (unpaired) electrons. The Labute approximate surface area is 118 Å². The van der Waals surface area contributed by atoms with E-state index >= 15 is 0 Å². The molecule has 7 heteroatoms. The van der Waals surface area contributed by atoms with Gasteiger partial charge in [0.2, 0.25) is 0 Å². The monoisotopic (exact) mass is 286 g/mol. The Balaban J connectivity index is 2.01. The van der Waals surface area contributed by atoms with Crippen LogP contribution in [0, 0.1) is 6.92 Å². The maximum Gasteiger partial charge on any atom is 0.335 e. The third-order valence-corrected chi connectivity index (χ3v) is 3.81. The lowest BCUT2D eigenvalue weighted by Crippen LogP contribution is -1.99. The topological polar surface area (TPSA) is 80.4 Å². The second-order valence-corrected chi connectivity index (χ2v) is 5.24. The number of hydrogen-bond acceptors (Lipinski definition) is 5. The summed E-state index contributed by atoms with van der Waals surface area (Å²) >= 11 is 1.36.